The largest absolute Gasteiger partial charge is 0.309 e. The highest BCUT2D eigenvalue weighted by Gasteiger charge is 2.17. The third kappa shape index (κ3) is 4.92. The highest BCUT2D eigenvalue weighted by atomic mass is 32.2. The van der Waals surface area contributed by atoms with Crippen LogP contribution in [-0.2, 0) is 0 Å². The summed E-state index contributed by atoms with van der Waals surface area (Å²) in [7, 11) is 0. The number of rotatable bonds is 6. The molecule has 0 radical (unpaired) electrons. The monoisotopic (exact) mass is 689 g/mol. The number of para-hydroxylation sites is 3. The first-order valence-corrected chi connectivity index (χ1v) is 18.7. The van der Waals surface area contributed by atoms with E-state index in [2.05, 4.69) is 180 Å². The van der Waals surface area contributed by atoms with Crippen LogP contribution in [0.25, 0.3) is 80.7 Å². The van der Waals surface area contributed by atoms with E-state index in [1.165, 1.54) is 58.8 Å². The lowest BCUT2D eigenvalue weighted by atomic mass is 10.1. The highest BCUT2D eigenvalue weighted by molar-refractivity contribution is 8.08. The van der Waals surface area contributed by atoms with Crippen LogP contribution in [0.3, 0.4) is 0 Å². The summed E-state index contributed by atoms with van der Waals surface area (Å²) in [4.78, 5) is 7.23. The Balaban J connectivity index is 1.06. The van der Waals surface area contributed by atoms with Gasteiger partial charge in [0.2, 0.25) is 0 Å². The average molecular weight is 690 g/mol. The van der Waals surface area contributed by atoms with Gasteiger partial charge in [-0.05, 0) is 103 Å². The minimum Gasteiger partial charge on any atom is -0.309 e. The molecule has 0 fully saturated rings. The highest BCUT2D eigenvalue weighted by Crippen LogP contribution is 2.40. The van der Waals surface area contributed by atoms with Crippen LogP contribution in [0.2, 0.25) is 0 Å². The van der Waals surface area contributed by atoms with E-state index in [1.807, 2.05) is 0 Å². The van der Waals surface area contributed by atoms with Gasteiger partial charge >= 0.3 is 0 Å². The maximum Gasteiger partial charge on any atom is 0.124 e. The van der Waals surface area contributed by atoms with Crippen LogP contribution in [0.15, 0.2) is 169 Å². The van der Waals surface area contributed by atoms with Gasteiger partial charge < -0.3 is 9.13 Å². The summed E-state index contributed by atoms with van der Waals surface area (Å²) >= 11 is 3.48. The van der Waals surface area contributed by atoms with Crippen LogP contribution in [0.1, 0.15) is 11.1 Å². The first-order valence-electron chi connectivity index (χ1n) is 17.1. The first-order chi connectivity index (χ1) is 25.1. The van der Waals surface area contributed by atoms with Crippen molar-refractivity contribution in [2.45, 2.75) is 11.8 Å². The molecular weight excluding hydrogens is 659 g/mol. The quantitative estimate of drug-likeness (QED) is 0.162. The van der Waals surface area contributed by atoms with Crippen LogP contribution >= 0.6 is 23.1 Å². The Morgan fingerprint density at radius 2 is 1.14 bits per heavy atom. The SMILES string of the molecule is C=C(Sc1ccccc1C)c1ccc2c(c1)c1ccccc1n2-c1ccc(-n2c3ccccc3c3cc(-c4nc5ccccc5s4)ccc32)cc1. The number of aromatic nitrogens is 3. The van der Waals surface area contributed by atoms with Gasteiger partial charge in [0.25, 0.3) is 0 Å². The van der Waals surface area contributed by atoms with Crippen molar-refractivity contribution in [3.63, 3.8) is 0 Å². The van der Waals surface area contributed by atoms with Gasteiger partial charge in [-0.1, -0.05) is 91.1 Å². The summed E-state index contributed by atoms with van der Waals surface area (Å²) in [6.45, 7) is 6.62. The topological polar surface area (TPSA) is 22.8 Å². The number of nitrogens with zero attached hydrogens (tertiary/aromatic N) is 3. The Labute approximate surface area is 303 Å². The summed E-state index contributed by atoms with van der Waals surface area (Å²) in [5, 5.41) is 5.97. The van der Waals surface area contributed by atoms with E-state index >= 15 is 0 Å². The summed E-state index contributed by atoms with van der Waals surface area (Å²) in [5.41, 5.74) is 11.6. The lowest BCUT2D eigenvalue weighted by molar-refractivity contribution is 1.14. The van der Waals surface area contributed by atoms with Crippen molar-refractivity contribution in [1.82, 2.24) is 14.1 Å². The van der Waals surface area contributed by atoms with Crippen LogP contribution < -0.4 is 0 Å². The summed E-state index contributed by atoms with van der Waals surface area (Å²) in [6, 6.07) is 56.8. The Morgan fingerprint density at radius 3 is 1.82 bits per heavy atom. The standard InChI is InChI=1S/C46H31N3S2/c1-29-11-3-9-17-44(29)50-30(2)31-19-25-42-37(27-31)35-12-4-7-15-40(35)48(42)33-21-23-34(24-22-33)49-41-16-8-5-13-36(41)38-28-32(20-26-43(38)49)46-47-39-14-6-10-18-45(39)51-46/h3-28H,2H2,1H3. The van der Waals surface area contributed by atoms with Crippen molar-refractivity contribution < 1.29 is 0 Å². The van der Waals surface area contributed by atoms with Crippen molar-refractivity contribution in [2.75, 3.05) is 0 Å². The fourth-order valence-electron chi connectivity index (χ4n) is 7.42. The molecule has 0 aliphatic carbocycles. The van der Waals surface area contributed by atoms with Crippen LogP contribution in [0.4, 0.5) is 0 Å². The molecule has 0 saturated heterocycles. The number of fused-ring (bicyclic) bond motifs is 7. The number of hydrogen-bond donors (Lipinski definition) is 0. The lowest BCUT2D eigenvalue weighted by Crippen LogP contribution is -1.97. The number of hydrogen-bond acceptors (Lipinski definition) is 3. The van der Waals surface area contributed by atoms with E-state index in [1.54, 1.807) is 23.1 Å². The molecule has 242 valence electrons. The molecular formula is C46H31N3S2. The molecule has 3 heterocycles. The number of benzene rings is 7. The molecule has 0 saturated carbocycles. The molecule has 5 heteroatoms. The van der Waals surface area contributed by atoms with Crippen molar-refractivity contribution >= 4 is 81.8 Å². The molecule has 10 rings (SSSR count). The third-order valence-electron chi connectivity index (χ3n) is 9.90. The van der Waals surface area contributed by atoms with Crippen molar-refractivity contribution in [1.29, 1.82) is 0 Å². The second kappa shape index (κ2) is 11.9. The van der Waals surface area contributed by atoms with Gasteiger partial charge in [0.15, 0.2) is 0 Å². The normalized spacial score (nSPS) is 11.8. The van der Waals surface area contributed by atoms with Crippen LogP contribution in [0.5, 0.6) is 0 Å². The van der Waals surface area contributed by atoms with Crippen molar-refractivity contribution in [3.05, 3.63) is 175 Å². The maximum atomic E-state index is 4.95. The smallest absolute Gasteiger partial charge is 0.124 e. The van der Waals surface area contributed by atoms with Gasteiger partial charge in [-0.3, -0.25) is 0 Å². The minimum atomic E-state index is 1.05. The van der Waals surface area contributed by atoms with E-state index in [9.17, 15) is 0 Å². The Hall–Kier alpha value is -5.88. The molecule has 0 unspecified atom stereocenters. The molecule has 7 aromatic carbocycles. The van der Waals surface area contributed by atoms with E-state index in [0.717, 1.165) is 37.9 Å². The predicted molar refractivity (Wildman–Crippen MR) is 220 cm³/mol. The molecule has 10 aromatic rings. The molecule has 0 amide bonds. The van der Waals surface area contributed by atoms with E-state index in [0.29, 0.717) is 0 Å². The Kier molecular flexibility index (Phi) is 6.98. The molecule has 3 aromatic heterocycles. The summed E-state index contributed by atoms with van der Waals surface area (Å²) < 4.78 is 5.97. The fourth-order valence-corrected chi connectivity index (χ4v) is 9.27. The zero-order valence-electron chi connectivity index (χ0n) is 27.9. The molecule has 0 aliphatic heterocycles. The Morgan fingerprint density at radius 1 is 0.569 bits per heavy atom. The van der Waals surface area contributed by atoms with Gasteiger partial charge in [0.1, 0.15) is 5.01 Å². The van der Waals surface area contributed by atoms with Crippen molar-refractivity contribution in [2.24, 2.45) is 0 Å². The van der Waals surface area contributed by atoms with E-state index in [-0.39, 0.29) is 0 Å². The second-order valence-electron chi connectivity index (χ2n) is 13.0. The molecule has 51 heavy (non-hydrogen) atoms. The molecule has 0 aliphatic rings. The number of aryl methyl sites for hydroxylation is 1. The number of thioether (sulfide) groups is 1. The average Bonchev–Trinajstić information content (AvgIpc) is 3.86. The predicted octanol–water partition coefficient (Wildman–Crippen LogP) is 13.2. The number of thiazole rings is 1. The summed E-state index contributed by atoms with van der Waals surface area (Å²) in [6.07, 6.45) is 0. The second-order valence-corrected chi connectivity index (χ2v) is 15.1. The van der Waals surface area contributed by atoms with Crippen LogP contribution in [-0.4, -0.2) is 14.1 Å². The molecule has 0 bridgehead atoms. The van der Waals surface area contributed by atoms with Gasteiger partial charge in [-0.25, -0.2) is 4.98 Å². The minimum absolute atomic E-state index is 1.05. The van der Waals surface area contributed by atoms with Crippen LogP contribution in [0, 0.1) is 6.92 Å². The molecule has 0 spiro atoms. The fraction of sp³-hybridized carbons (Fsp3) is 0.0217. The van der Waals surface area contributed by atoms with E-state index in [4.69, 9.17) is 4.98 Å². The molecule has 0 N–H and O–H groups in total. The molecule has 0 atom stereocenters. The van der Waals surface area contributed by atoms with Gasteiger partial charge in [0.05, 0.1) is 32.3 Å². The van der Waals surface area contributed by atoms with Gasteiger partial charge in [0, 0.05) is 48.3 Å². The van der Waals surface area contributed by atoms with Gasteiger partial charge in [-0.15, -0.1) is 11.3 Å². The molecule has 3 nitrogen and oxygen atoms in total. The Bertz CT molecular complexity index is 2940. The zero-order valence-corrected chi connectivity index (χ0v) is 29.5. The first kappa shape index (κ1) is 30.0. The third-order valence-corrected chi connectivity index (χ3v) is 12.1. The van der Waals surface area contributed by atoms with Crippen molar-refractivity contribution in [3.8, 4) is 21.9 Å². The maximum absolute atomic E-state index is 4.95. The zero-order chi connectivity index (χ0) is 34.1. The summed E-state index contributed by atoms with van der Waals surface area (Å²) in [5.74, 6) is 0. The van der Waals surface area contributed by atoms with E-state index < -0.39 is 0 Å². The lowest BCUT2D eigenvalue weighted by Gasteiger charge is -2.12. The van der Waals surface area contributed by atoms with Gasteiger partial charge in [-0.2, -0.15) is 0 Å².